The average Bonchev–Trinajstić information content (AvgIpc) is 2.87. The Kier molecular flexibility index (Phi) is 4.98. The molecule has 0 aliphatic rings. The molecule has 1 amide bonds. The van der Waals surface area contributed by atoms with Gasteiger partial charge >= 0.3 is 0 Å². The van der Waals surface area contributed by atoms with Crippen LogP contribution in [0.25, 0.3) is 5.69 Å². The molecule has 21 heavy (non-hydrogen) atoms. The Morgan fingerprint density at radius 1 is 1.38 bits per heavy atom. The van der Waals surface area contributed by atoms with Crippen LogP contribution in [0, 0.1) is 0 Å². The van der Waals surface area contributed by atoms with Crippen LogP contribution < -0.4 is 4.74 Å². The first kappa shape index (κ1) is 15.5. The van der Waals surface area contributed by atoms with Gasteiger partial charge in [-0.15, -0.1) is 5.10 Å². The van der Waals surface area contributed by atoms with Gasteiger partial charge in [0, 0.05) is 13.2 Å². The number of hydroxylamine groups is 2. The summed E-state index contributed by atoms with van der Waals surface area (Å²) in [5.74, 6) is 0.0582. The molecule has 1 atom stereocenters. The number of likely N-dealkylation sites (N-methyl/N-ethyl adjacent to an activating group) is 1. The summed E-state index contributed by atoms with van der Waals surface area (Å²) in [6.07, 6.45) is 1.08. The second-order valence-corrected chi connectivity index (χ2v) is 5.20. The van der Waals surface area contributed by atoms with E-state index in [4.69, 9.17) is 9.57 Å². The summed E-state index contributed by atoms with van der Waals surface area (Å²) in [5, 5.41) is 5.44. The van der Waals surface area contributed by atoms with Gasteiger partial charge in [-0.1, -0.05) is 18.2 Å². The fraction of sp³-hybridized carbons (Fsp3) is 0.286. The molecule has 0 radical (unpaired) electrons. The zero-order valence-electron chi connectivity index (χ0n) is 12.0. The van der Waals surface area contributed by atoms with Gasteiger partial charge < -0.3 is 4.74 Å². The third kappa shape index (κ3) is 3.62. The molecule has 0 spiro atoms. The molecular weight excluding hydrogens is 338 g/mol. The molecule has 0 fully saturated rings. The number of ether oxygens (including phenoxy) is 1. The molecule has 0 N–H and O–H groups in total. The zero-order chi connectivity index (χ0) is 15.4. The molecule has 7 heteroatoms. The lowest BCUT2D eigenvalue weighted by Gasteiger charge is -2.18. The molecule has 0 aliphatic carbocycles. The fourth-order valence-electron chi connectivity index (χ4n) is 1.69. The van der Waals surface area contributed by atoms with Crippen LogP contribution in [0.2, 0.25) is 0 Å². The summed E-state index contributed by atoms with van der Waals surface area (Å²) in [6, 6.07) is 9.63. The summed E-state index contributed by atoms with van der Waals surface area (Å²) in [6.45, 7) is 1.64. The molecule has 1 unspecified atom stereocenters. The van der Waals surface area contributed by atoms with Crippen LogP contribution in [0.4, 0.5) is 0 Å². The lowest BCUT2D eigenvalue weighted by Crippen LogP contribution is -2.37. The number of carbonyl (C=O) groups is 1. The van der Waals surface area contributed by atoms with E-state index in [1.807, 2.05) is 30.3 Å². The number of para-hydroxylation sites is 1. The number of carbonyl (C=O) groups excluding carboxylic acids is 1. The minimum atomic E-state index is -0.703. The van der Waals surface area contributed by atoms with E-state index in [2.05, 4.69) is 21.0 Å². The summed E-state index contributed by atoms with van der Waals surface area (Å²) in [4.78, 5) is 16.7. The van der Waals surface area contributed by atoms with E-state index in [-0.39, 0.29) is 5.91 Å². The lowest BCUT2D eigenvalue weighted by molar-refractivity contribution is -0.175. The Labute approximate surface area is 131 Å². The molecule has 0 bridgehead atoms. The maximum Gasteiger partial charge on any atom is 0.286 e. The van der Waals surface area contributed by atoms with Crippen LogP contribution in [0.5, 0.6) is 5.88 Å². The SMILES string of the molecule is CON(C)C(=O)C(C)Oc1nn(-c2ccccc2)cc1Br. The van der Waals surface area contributed by atoms with E-state index in [0.717, 1.165) is 10.8 Å². The highest BCUT2D eigenvalue weighted by Gasteiger charge is 2.21. The van der Waals surface area contributed by atoms with Crippen molar-refractivity contribution in [3.8, 4) is 11.6 Å². The molecule has 1 aromatic carbocycles. The van der Waals surface area contributed by atoms with Crippen LogP contribution in [0.1, 0.15) is 6.92 Å². The molecule has 1 aromatic heterocycles. The quantitative estimate of drug-likeness (QED) is 0.774. The minimum absolute atomic E-state index is 0.293. The molecule has 2 aromatic rings. The Morgan fingerprint density at radius 3 is 2.67 bits per heavy atom. The fourth-order valence-corrected chi connectivity index (χ4v) is 2.06. The number of benzene rings is 1. The van der Waals surface area contributed by atoms with Crippen molar-refractivity contribution >= 4 is 21.8 Å². The van der Waals surface area contributed by atoms with Crippen molar-refractivity contribution in [2.24, 2.45) is 0 Å². The van der Waals surface area contributed by atoms with E-state index in [1.165, 1.54) is 14.2 Å². The third-order valence-corrected chi connectivity index (χ3v) is 3.42. The Bertz CT molecular complexity index is 615. The Morgan fingerprint density at radius 2 is 2.05 bits per heavy atom. The largest absolute Gasteiger partial charge is 0.463 e. The van der Waals surface area contributed by atoms with Gasteiger partial charge in [0.05, 0.1) is 17.3 Å². The van der Waals surface area contributed by atoms with Crippen molar-refractivity contribution in [1.82, 2.24) is 14.8 Å². The van der Waals surface area contributed by atoms with Crippen molar-refractivity contribution in [1.29, 1.82) is 0 Å². The number of nitrogens with zero attached hydrogens (tertiary/aromatic N) is 3. The Balaban J connectivity index is 2.15. The highest BCUT2D eigenvalue weighted by Crippen LogP contribution is 2.25. The van der Waals surface area contributed by atoms with E-state index in [1.54, 1.807) is 17.8 Å². The molecule has 0 aliphatic heterocycles. The number of amides is 1. The Hall–Kier alpha value is -1.86. The maximum absolute atomic E-state index is 11.9. The first-order valence-electron chi connectivity index (χ1n) is 6.32. The molecule has 6 nitrogen and oxygen atoms in total. The molecule has 2 rings (SSSR count). The molecular formula is C14H16BrN3O3. The van der Waals surface area contributed by atoms with Crippen LogP contribution in [-0.4, -0.2) is 41.0 Å². The smallest absolute Gasteiger partial charge is 0.286 e. The normalized spacial score (nSPS) is 12.0. The lowest BCUT2D eigenvalue weighted by atomic mass is 10.3. The predicted octanol–water partition coefficient (Wildman–Crippen LogP) is 2.42. The van der Waals surface area contributed by atoms with Crippen molar-refractivity contribution < 1.29 is 14.4 Å². The van der Waals surface area contributed by atoms with E-state index in [0.29, 0.717) is 10.4 Å². The molecule has 0 saturated heterocycles. The summed E-state index contributed by atoms with van der Waals surface area (Å²) in [7, 11) is 2.95. The van der Waals surface area contributed by atoms with Gasteiger partial charge in [0.2, 0.25) is 5.88 Å². The first-order chi connectivity index (χ1) is 10.0. The highest BCUT2D eigenvalue weighted by atomic mass is 79.9. The van der Waals surface area contributed by atoms with Crippen molar-refractivity contribution in [2.75, 3.05) is 14.2 Å². The number of aromatic nitrogens is 2. The van der Waals surface area contributed by atoms with Gasteiger partial charge in [-0.3, -0.25) is 9.63 Å². The summed E-state index contributed by atoms with van der Waals surface area (Å²) in [5.41, 5.74) is 0.904. The van der Waals surface area contributed by atoms with E-state index < -0.39 is 6.10 Å². The second kappa shape index (κ2) is 6.73. The van der Waals surface area contributed by atoms with Gasteiger partial charge in [0.1, 0.15) is 0 Å². The summed E-state index contributed by atoms with van der Waals surface area (Å²) < 4.78 is 7.93. The standard InChI is InChI=1S/C14H16BrN3O3/c1-10(14(19)17(2)20-3)21-13-12(15)9-18(16-13)11-7-5-4-6-8-11/h4-10H,1-3H3. The average molecular weight is 354 g/mol. The van der Waals surface area contributed by atoms with E-state index >= 15 is 0 Å². The second-order valence-electron chi connectivity index (χ2n) is 4.34. The number of hydrogen-bond donors (Lipinski definition) is 0. The number of rotatable bonds is 5. The number of hydrogen-bond acceptors (Lipinski definition) is 4. The predicted molar refractivity (Wildman–Crippen MR) is 81.1 cm³/mol. The van der Waals surface area contributed by atoms with Crippen molar-refractivity contribution in [3.05, 3.63) is 41.0 Å². The molecule has 1 heterocycles. The van der Waals surface area contributed by atoms with Gasteiger partial charge in [-0.2, -0.15) is 0 Å². The van der Waals surface area contributed by atoms with Crippen LogP contribution in [0.3, 0.4) is 0 Å². The van der Waals surface area contributed by atoms with Crippen LogP contribution in [-0.2, 0) is 9.63 Å². The topological polar surface area (TPSA) is 56.6 Å². The maximum atomic E-state index is 11.9. The van der Waals surface area contributed by atoms with Crippen molar-refractivity contribution in [2.45, 2.75) is 13.0 Å². The molecule has 112 valence electrons. The highest BCUT2D eigenvalue weighted by molar-refractivity contribution is 9.10. The van der Waals surface area contributed by atoms with Gasteiger partial charge in [0.25, 0.3) is 5.91 Å². The van der Waals surface area contributed by atoms with Crippen molar-refractivity contribution in [3.63, 3.8) is 0 Å². The van der Waals surface area contributed by atoms with Gasteiger partial charge in [0.15, 0.2) is 6.10 Å². The van der Waals surface area contributed by atoms with Crippen LogP contribution in [0.15, 0.2) is 41.0 Å². The van der Waals surface area contributed by atoms with E-state index in [9.17, 15) is 4.79 Å². The van der Waals surface area contributed by atoms with Gasteiger partial charge in [-0.05, 0) is 35.0 Å². The third-order valence-electron chi connectivity index (χ3n) is 2.88. The molecule has 0 saturated carbocycles. The summed E-state index contributed by atoms with van der Waals surface area (Å²) >= 11 is 3.38. The van der Waals surface area contributed by atoms with Gasteiger partial charge in [-0.25, -0.2) is 9.75 Å². The number of halogens is 1. The monoisotopic (exact) mass is 353 g/mol. The first-order valence-corrected chi connectivity index (χ1v) is 7.11. The van der Waals surface area contributed by atoms with Crippen LogP contribution >= 0.6 is 15.9 Å². The minimum Gasteiger partial charge on any atom is -0.463 e. The zero-order valence-corrected chi connectivity index (χ0v) is 13.6.